The zero-order valence-corrected chi connectivity index (χ0v) is 18.6. The third kappa shape index (κ3) is 4.92. The van der Waals surface area contributed by atoms with Crippen LogP contribution in [0.25, 0.3) is 11.1 Å². The normalized spacial score (nSPS) is 26.8. The molecule has 7 heteroatoms. The molecule has 4 unspecified atom stereocenters. The molecule has 2 aromatic rings. The predicted molar refractivity (Wildman–Crippen MR) is 125 cm³/mol. The molecular weight excluding hydrogens is 406 g/mol. The summed E-state index contributed by atoms with van der Waals surface area (Å²) in [5.74, 6) is 0. The molecule has 0 spiro atoms. The van der Waals surface area contributed by atoms with Crippen molar-refractivity contribution < 1.29 is 18.9 Å². The molecule has 4 aliphatic heterocycles. The van der Waals surface area contributed by atoms with Gasteiger partial charge in [-0.05, 0) is 52.6 Å². The standard InChI is InChI=1S/C24H28N2O4.CH5N/c25-14-3-1-13(2-4-14)23-19(5-15-9-27-15)21(7-17-11-29-17)24(26)22(8-18-12-30-18)20(23)6-16-10-28-16;1-2/h1-4,15-18H,5-12,25-26H2;2H2,1H3. The first kappa shape index (κ1) is 21.7. The van der Waals surface area contributed by atoms with Gasteiger partial charge < -0.3 is 36.1 Å². The van der Waals surface area contributed by atoms with Gasteiger partial charge in [0, 0.05) is 37.1 Å². The highest BCUT2D eigenvalue weighted by molar-refractivity contribution is 5.80. The minimum atomic E-state index is 0.271. The Morgan fingerprint density at radius 2 is 0.969 bits per heavy atom. The number of hydrogen-bond donors (Lipinski definition) is 3. The summed E-state index contributed by atoms with van der Waals surface area (Å²) in [6.07, 6.45) is 4.57. The van der Waals surface area contributed by atoms with Crippen LogP contribution in [0.2, 0.25) is 0 Å². The van der Waals surface area contributed by atoms with E-state index < -0.39 is 0 Å². The molecule has 4 heterocycles. The van der Waals surface area contributed by atoms with Crippen LogP contribution in [0.5, 0.6) is 0 Å². The Labute approximate surface area is 189 Å². The van der Waals surface area contributed by atoms with Crippen LogP contribution in [0, 0.1) is 0 Å². The molecule has 0 saturated carbocycles. The number of epoxide rings is 4. The van der Waals surface area contributed by atoms with E-state index in [4.69, 9.17) is 30.4 Å². The number of anilines is 2. The van der Waals surface area contributed by atoms with Crippen LogP contribution < -0.4 is 17.2 Å². The van der Waals surface area contributed by atoms with E-state index in [9.17, 15) is 0 Å². The van der Waals surface area contributed by atoms with Crippen LogP contribution in [-0.4, -0.2) is 57.9 Å². The smallest absolute Gasteiger partial charge is 0.0851 e. The van der Waals surface area contributed by atoms with E-state index in [1.807, 2.05) is 12.1 Å². The van der Waals surface area contributed by atoms with E-state index >= 15 is 0 Å². The Hall–Kier alpha value is -2.16. The lowest BCUT2D eigenvalue weighted by molar-refractivity contribution is 0.399. The zero-order chi connectivity index (χ0) is 22.2. The highest BCUT2D eigenvalue weighted by Crippen LogP contribution is 2.43. The average molecular weight is 440 g/mol. The van der Waals surface area contributed by atoms with Crippen molar-refractivity contribution in [3.8, 4) is 11.1 Å². The average Bonchev–Trinajstić information content (AvgIpc) is 3.64. The SMILES string of the molecule is CN.Nc1ccc(-c2c(CC3CO3)c(CC3CO3)c(N)c(CC3CO3)c2CC2CO2)cc1. The fraction of sp³-hybridized carbons (Fsp3) is 0.520. The van der Waals surface area contributed by atoms with Crippen molar-refractivity contribution in [1.29, 1.82) is 0 Å². The summed E-state index contributed by atoms with van der Waals surface area (Å²) < 4.78 is 22.5. The Balaban J connectivity index is 0.00000105. The van der Waals surface area contributed by atoms with Gasteiger partial charge in [-0.2, -0.15) is 0 Å². The van der Waals surface area contributed by atoms with E-state index in [1.54, 1.807) is 0 Å². The van der Waals surface area contributed by atoms with Crippen molar-refractivity contribution in [1.82, 2.24) is 0 Å². The third-order valence-electron chi connectivity index (χ3n) is 6.52. The second-order valence-electron chi connectivity index (χ2n) is 8.96. The fourth-order valence-corrected chi connectivity index (χ4v) is 4.56. The maximum absolute atomic E-state index is 6.89. The van der Waals surface area contributed by atoms with Gasteiger partial charge in [-0.15, -0.1) is 0 Å². The molecular formula is C25H33N3O4. The largest absolute Gasteiger partial charge is 0.399 e. The van der Waals surface area contributed by atoms with Crippen LogP contribution in [0.3, 0.4) is 0 Å². The summed E-state index contributed by atoms with van der Waals surface area (Å²) in [6, 6.07) is 8.22. The van der Waals surface area contributed by atoms with Crippen molar-refractivity contribution >= 4 is 11.4 Å². The fourth-order valence-electron chi connectivity index (χ4n) is 4.56. The predicted octanol–water partition coefficient (Wildman–Crippen LogP) is 1.86. The summed E-state index contributed by atoms with van der Waals surface area (Å²) in [7, 11) is 1.50. The first-order valence-corrected chi connectivity index (χ1v) is 11.5. The summed E-state index contributed by atoms with van der Waals surface area (Å²) in [5.41, 5.74) is 26.6. The number of rotatable bonds is 9. The maximum Gasteiger partial charge on any atom is 0.0851 e. The van der Waals surface area contributed by atoms with Gasteiger partial charge in [0.2, 0.25) is 0 Å². The summed E-state index contributed by atoms with van der Waals surface area (Å²) in [5, 5.41) is 0. The molecule has 0 aliphatic carbocycles. The minimum absolute atomic E-state index is 0.271. The van der Waals surface area contributed by atoms with Crippen molar-refractivity contribution in [3.63, 3.8) is 0 Å². The number of nitrogen functional groups attached to an aromatic ring is 2. The molecule has 4 fully saturated rings. The Bertz CT molecular complexity index is 909. The Morgan fingerprint density at radius 1 is 0.625 bits per heavy atom. The second-order valence-corrected chi connectivity index (χ2v) is 8.96. The molecule has 0 amide bonds. The lowest BCUT2D eigenvalue weighted by Gasteiger charge is -2.25. The van der Waals surface area contributed by atoms with Crippen LogP contribution in [0.4, 0.5) is 11.4 Å². The molecule has 4 saturated heterocycles. The summed E-state index contributed by atoms with van der Waals surface area (Å²) >= 11 is 0. The third-order valence-corrected chi connectivity index (χ3v) is 6.52. The van der Waals surface area contributed by atoms with Crippen LogP contribution in [-0.2, 0) is 44.6 Å². The minimum Gasteiger partial charge on any atom is -0.399 e. The monoisotopic (exact) mass is 439 g/mol. The number of hydrogen-bond acceptors (Lipinski definition) is 7. The molecule has 0 radical (unpaired) electrons. The van der Waals surface area contributed by atoms with Crippen molar-refractivity contribution in [3.05, 3.63) is 46.5 Å². The summed E-state index contributed by atoms with van der Waals surface area (Å²) in [6.45, 7) is 3.27. The van der Waals surface area contributed by atoms with Crippen LogP contribution >= 0.6 is 0 Å². The van der Waals surface area contributed by atoms with Crippen molar-refractivity contribution in [2.24, 2.45) is 5.73 Å². The van der Waals surface area contributed by atoms with E-state index in [-0.39, 0.29) is 24.4 Å². The van der Waals surface area contributed by atoms with E-state index in [2.05, 4.69) is 17.9 Å². The van der Waals surface area contributed by atoms with Gasteiger partial charge in [0.1, 0.15) is 0 Å². The second kappa shape index (κ2) is 9.00. The first-order chi connectivity index (χ1) is 15.7. The quantitative estimate of drug-likeness (QED) is 0.402. The van der Waals surface area contributed by atoms with Gasteiger partial charge >= 0.3 is 0 Å². The van der Waals surface area contributed by atoms with Crippen molar-refractivity contribution in [2.75, 3.05) is 44.9 Å². The number of ether oxygens (including phenoxy) is 4. The molecule has 2 aromatic carbocycles. The molecule has 172 valence electrons. The molecule has 0 aromatic heterocycles. The first-order valence-electron chi connectivity index (χ1n) is 11.5. The number of nitrogens with two attached hydrogens (primary N) is 3. The number of benzene rings is 2. The Kier molecular flexibility index (Phi) is 6.09. The van der Waals surface area contributed by atoms with Gasteiger partial charge in [0.15, 0.2) is 0 Å². The molecule has 32 heavy (non-hydrogen) atoms. The van der Waals surface area contributed by atoms with E-state index in [0.29, 0.717) is 0 Å². The van der Waals surface area contributed by atoms with Gasteiger partial charge in [0.25, 0.3) is 0 Å². The molecule has 6 N–H and O–H groups in total. The van der Waals surface area contributed by atoms with Crippen molar-refractivity contribution in [2.45, 2.75) is 50.1 Å². The van der Waals surface area contributed by atoms with Gasteiger partial charge in [-0.25, -0.2) is 0 Å². The zero-order valence-electron chi connectivity index (χ0n) is 18.6. The topological polar surface area (TPSA) is 128 Å². The lowest BCUT2D eigenvalue weighted by Crippen LogP contribution is -2.16. The van der Waals surface area contributed by atoms with Crippen LogP contribution in [0.15, 0.2) is 24.3 Å². The molecule has 4 aliphatic rings. The van der Waals surface area contributed by atoms with Gasteiger partial charge in [-0.3, -0.25) is 0 Å². The van der Waals surface area contributed by atoms with Crippen LogP contribution in [0.1, 0.15) is 22.3 Å². The highest BCUT2D eigenvalue weighted by Gasteiger charge is 2.36. The molecule has 4 atom stereocenters. The molecule has 0 bridgehead atoms. The molecule has 6 rings (SSSR count). The highest BCUT2D eigenvalue weighted by atomic mass is 16.6. The molecule has 7 nitrogen and oxygen atoms in total. The summed E-state index contributed by atoms with van der Waals surface area (Å²) in [4.78, 5) is 0. The van der Waals surface area contributed by atoms with E-state index in [1.165, 1.54) is 40.4 Å². The van der Waals surface area contributed by atoms with E-state index in [0.717, 1.165) is 63.5 Å². The van der Waals surface area contributed by atoms with Gasteiger partial charge in [-0.1, -0.05) is 12.1 Å². The lowest BCUT2D eigenvalue weighted by atomic mass is 9.80. The Morgan fingerprint density at radius 3 is 1.31 bits per heavy atom. The maximum atomic E-state index is 6.89. The van der Waals surface area contributed by atoms with Gasteiger partial charge in [0.05, 0.1) is 50.8 Å².